The normalized spacial score (nSPS) is 11.0. The van der Waals surface area contributed by atoms with Crippen LogP contribution < -0.4 is 22.1 Å². The quantitative estimate of drug-likeness (QED) is 0.179. The number of hydrogen-bond donors (Lipinski definition) is 6. The van der Waals surface area contributed by atoms with Crippen molar-refractivity contribution < 1.29 is 19.8 Å². The van der Waals surface area contributed by atoms with Crippen LogP contribution in [0.25, 0.3) is 0 Å². The monoisotopic (exact) mass is 430 g/mol. The number of aromatic hydroxyl groups is 2. The third-order valence-electron chi connectivity index (χ3n) is 4.51. The number of phenols is 2. The highest BCUT2D eigenvalue weighted by Crippen LogP contribution is 2.29. The number of nitrogens with one attached hydrogen (secondary N) is 2. The summed E-state index contributed by atoms with van der Waals surface area (Å²) in [6, 6.07) is 16.1. The molecule has 0 aliphatic rings. The van der Waals surface area contributed by atoms with Gasteiger partial charge < -0.3 is 32.3 Å². The number of nitrogen functional groups attached to an aromatic ring is 2. The Bertz CT molecular complexity index is 1130. The fourth-order valence-corrected chi connectivity index (χ4v) is 2.82. The van der Waals surface area contributed by atoms with Crippen molar-refractivity contribution >= 4 is 34.3 Å². The number of ketones is 2. The summed E-state index contributed by atoms with van der Waals surface area (Å²) in [4.78, 5) is 25.0. The van der Waals surface area contributed by atoms with Gasteiger partial charge in [-0.2, -0.15) is 0 Å². The average molecular weight is 430 g/mol. The summed E-state index contributed by atoms with van der Waals surface area (Å²) in [7, 11) is 0. The lowest BCUT2D eigenvalue weighted by Crippen LogP contribution is -2.03. The lowest BCUT2D eigenvalue weighted by atomic mass is 10.0. The fourth-order valence-electron chi connectivity index (χ4n) is 2.82. The van der Waals surface area contributed by atoms with Gasteiger partial charge in [0.25, 0.3) is 0 Å². The van der Waals surface area contributed by atoms with Gasteiger partial charge in [-0.05, 0) is 30.3 Å². The van der Waals surface area contributed by atoms with Gasteiger partial charge in [0.15, 0.2) is 11.6 Å². The number of para-hydroxylation sites is 4. The minimum absolute atomic E-state index is 0.140. The summed E-state index contributed by atoms with van der Waals surface area (Å²) in [5.41, 5.74) is 13.6. The topological polar surface area (TPSA) is 151 Å². The maximum absolute atomic E-state index is 12.5. The highest BCUT2D eigenvalue weighted by molar-refractivity contribution is 6.11. The second kappa shape index (κ2) is 9.86. The van der Waals surface area contributed by atoms with Crippen LogP contribution in [0.2, 0.25) is 0 Å². The first-order valence-electron chi connectivity index (χ1n) is 9.56. The van der Waals surface area contributed by atoms with E-state index in [-0.39, 0.29) is 11.1 Å². The first-order chi connectivity index (χ1) is 15.4. The zero-order valence-corrected chi connectivity index (χ0v) is 16.9. The number of benzene rings is 3. The molecule has 0 spiro atoms. The number of anilines is 4. The van der Waals surface area contributed by atoms with Gasteiger partial charge in [-0.1, -0.05) is 24.3 Å². The highest BCUT2D eigenvalue weighted by Gasteiger charge is 2.17. The Hall–Kier alpha value is -4.72. The molecule has 0 atom stereocenters. The van der Waals surface area contributed by atoms with E-state index in [0.29, 0.717) is 22.7 Å². The van der Waals surface area contributed by atoms with Crippen molar-refractivity contribution in [3.63, 3.8) is 0 Å². The van der Waals surface area contributed by atoms with Gasteiger partial charge in [0.1, 0.15) is 11.5 Å². The van der Waals surface area contributed by atoms with Crippen molar-refractivity contribution in [1.29, 1.82) is 0 Å². The smallest absolute Gasteiger partial charge is 0.191 e. The predicted octanol–water partition coefficient (Wildman–Crippen LogP) is 3.88. The predicted molar refractivity (Wildman–Crippen MR) is 126 cm³/mol. The van der Waals surface area contributed by atoms with Crippen molar-refractivity contribution in [2.45, 2.75) is 0 Å². The largest absolute Gasteiger partial charge is 0.507 e. The van der Waals surface area contributed by atoms with Gasteiger partial charge in [0.05, 0.1) is 33.9 Å². The highest BCUT2D eigenvalue weighted by atomic mass is 16.3. The Morgan fingerprint density at radius 2 is 1.09 bits per heavy atom. The van der Waals surface area contributed by atoms with Gasteiger partial charge in [0.2, 0.25) is 0 Å². The molecule has 162 valence electrons. The third kappa shape index (κ3) is 5.25. The summed E-state index contributed by atoms with van der Waals surface area (Å²) < 4.78 is 0. The van der Waals surface area contributed by atoms with Crippen molar-refractivity contribution in [2.75, 3.05) is 22.1 Å². The molecule has 0 aromatic heterocycles. The third-order valence-corrected chi connectivity index (χ3v) is 4.51. The van der Waals surface area contributed by atoms with Crippen LogP contribution in [0.5, 0.6) is 11.5 Å². The van der Waals surface area contributed by atoms with E-state index in [1.807, 2.05) is 0 Å². The van der Waals surface area contributed by atoms with Crippen LogP contribution in [0.15, 0.2) is 85.2 Å². The molecule has 0 heterocycles. The molecule has 0 fully saturated rings. The summed E-state index contributed by atoms with van der Waals surface area (Å²) in [5.74, 6) is -2.05. The number of carbonyl (C=O) groups excluding carboxylic acids is 2. The molecule has 0 bridgehead atoms. The van der Waals surface area contributed by atoms with Crippen LogP contribution in [0, 0.1) is 0 Å². The minimum atomic E-state index is -0.572. The molecule has 3 rings (SSSR count). The van der Waals surface area contributed by atoms with Crippen molar-refractivity contribution in [3.05, 3.63) is 96.3 Å². The molecule has 0 saturated carbocycles. The Balaban J connectivity index is 1.74. The molecule has 0 radical (unpaired) electrons. The molecule has 32 heavy (non-hydrogen) atoms. The summed E-state index contributed by atoms with van der Waals surface area (Å²) in [6.07, 6.45) is 5.11. The van der Waals surface area contributed by atoms with Crippen molar-refractivity contribution in [1.82, 2.24) is 0 Å². The Morgan fingerprint density at radius 1 is 0.688 bits per heavy atom. The standard InChI is InChI=1S/C24H22N4O4/c25-17-5-1-3-7-19(17)27-11-9-21(29)15-13-16(24(32)14-23(15)31)22(30)10-12-28-20-8-4-2-6-18(20)26/h1-14,27-28,31-32H,25-26H2/b11-9+,12-10+. The molecule has 0 amide bonds. The Labute approximate surface area is 184 Å². The first-order valence-corrected chi connectivity index (χ1v) is 9.56. The molecule has 0 unspecified atom stereocenters. The second-order valence-corrected chi connectivity index (χ2v) is 6.74. The number of nitrogens with two attached hydrogens (primary N) is 2. The Kier molecular flexibility index (Phi) is 6.77. The van der Waals surface area contributed by atoms with Crippen LogP contribution in [0.3, 0.4) is 0 Å². The van der Waals surface area contributed by atoms with Crippen LogP contribution in [0.4, 0.5) is 22.7 Å². The SMILES string of the molecule is Nc1ccccc1N/C=C/C(=O)c1cc(C(=O)/C=C/Nc2ccccc2N)c(O)cc1O. The maximum atomic E-state index is 12.5. The zero-order chi connectivity index (χ0) is 23.1. The molecule has 0 aliphatic heterocycles. The first kappa shape index (κ1) is 22.0. The number of carbonyl (C=O) groups is 2. The summed E-state index contributed by atoms with van der Waals surface area (Å²) in [5, 5.41) is 25.9. The number of hydrogen-bond acceptors (Lipinski definition) is 8. The number of rotatable bonds is 8. The van der Waals surface area contributed by atoms with E-state index in [1.54, 1.807) is 48.5 Å². The number of phenolic OH excluding ortho intramolecular Hbond substituents is 2. The summed E-state index contributed by atoms with van der Waals surface area (Å²) in [6.45, 7) is 0. The molecule has 8 heteroatoms. The molecule has 0 saturated heterocycles. The molecular formula is C24H22N4O4. The molecule has 0 aliphatic carbocycles. The fraction of sp³-hybridized carbons (Fsp3) is 0. The summed E-state index contributed by atoms with van der Waals surface area (Å²) >= 11 is 0. The van der Waals surface area contributed by atoms with E-state index in [2.05, 4.69) is 10.6 Å². The molecular weight excluding hydrogens is 408 g/mol. The minimum Gasteiger partial charge on any atom is -0.507 e. The molecule has 8 N–H and O–H groups in total. The Morgan fingerprint density at radius 3 is 1.50 bits per heavy atom. The maximum Gasteiger partial charge on any atom is 0.191 e. The lowest BCUT2D eigenvalue weighted by Gasteiger charge is -2.07. The van der Waals surface area contributed by atoms with Gasteiger partial charge in [0, 0.05) is 30.6 Å². The van der Waals surface area contributed by atoms with Crippen LogP contribution in [-0.4, -0.2) is 21.8 Å². The average Bonchev–Trinajstić information content (AvgIpc) is 2.76. The van der Waals surface area contributed by atoms with Crippen LogP contribution in [0.1, 0.15) is 20.7 Å². The van der Waals surface area contributed by atoms with Gasteiger partial charge in [-0.25, -0.2) is 0 Å². The molecule has 3 aromatic carbocycles. The zero-order valence-electron chi connectivity index (χ0n) is 16.9. The van der Waals surface area contributed by atoms with E-state index >= 15 is 0 Å². The molecule has 8 nitrogen and oxygen atoms in total. The second-order valence-electron chi connectivity index (χ2n) is 6.74. The van der Waals surface area contributed by atoms with Crippen LogP contribution >= 0.6 is 0 Å². The van der Waals surface area contributed by atoms with Crippen LogP contribution in [-0.2, 0) is 0 Å². The van der Waals surface area contributed by atoms with E-state index in [9.17, 15) is 19.8 Å². The number of allylic oxidation sites excluding steroid dienone is 2. The van der Waals surface area contributed by atoms with Crippen molar-refractivity contribution in [2.24, 2.45) is 0 Å². The van der Waals surface area contributed by atoms with E-state index in [0.717, 1.165) is 12.1 Å². The van der Waals surface area contributed by atoms with E-state index in [4.69, 9.17) is 11.5 Å². The lowest BCUT2D eigenvalue weighted by molar-refractivity contribution is 0.104. The van der Waals surface area contributed by atoms with Gasteiger partial charge in [-0.3, -0.25) is 9.59 Å². The van der Waals surface area contributed by atoms with Gasteiger partial charge in [-0.15, -0.1) is 0 Å². The van der Waals surface area contributed by atoms with Gasteiger partial charge >= 0.3 is 0 Å². The molecule has 3 aromatic rings. The van der Waals surface area contributed by atoms with E-state index < -0.39 is 23.1 Å². The van der Waals surface area contributed by atoms with Crippen molar-refractivity contribution in [3.8, 4) is 11.5 Å². The van der Waals surface area contributed by atoms with E-state index in [1.165, 1.54) is 24.6 Å².